The van der Waals surface area contributed by atoms with Crippen LogP contribution in [-0.2, 0) is 11.0 Å². The zero-order valence-corrected chi connectivity index (χ0v) is 15.7. The molecule has 0 N–H and O–H groups in total. The normalized spacial score (nSPS) is 22.0. The van der Waals surface area contributed by atoms with Gasteiger partial charge in [0.25, 0.3) is 0 Å². The van der Waals surface area contributed by atoms with Crippen molar-refractivity contribution in [1.29, 1.82) is 0 Å². The molecular formula is C20H19F3N2O4. The average molecular weight is 408 g/mol. The van der Waals surface area contributed by atoms with E-state index < -0.39 is 40.6 Å². The van der Waals surface area contributed by atoms with Crippen LogP contribution in [0.25, 0.3) is 0 Å². The number of carbonyl (C=O) groups is 1. The SMILES string of the molecule is CC[C@@H]1C(=O)N(c2ccc(OC)cc2)[C@H](c2ccc(C(F)(F)F)cc2)[C@H]1[N+](=O)[O-]. The summed E-state index contributed by atoms with van der Waals surface area (Å²) in [5.41, 5.74) is -0.158. The van der Waals surface area contributed by atoms with Crippen molar-refractivity contribution in [2.45, 2.75) is 31.6 Å². The van der Waals surface area contributed by atoms with Gasteiger partial charge in [-0.1, -0.05) is 19.1 Å². The lowest BCUT2D eigenvalue weighted by atomic mass is 9.92. The van der Waals surface area contributed by atoms with Crippen LogP contribution in [0.5, 0.6) is 5.75 Å². The number of halogens is 3. The van der Waals surface area contributed by atoms with Crippen molar-refractivity contribution in [2.75, 3.05) is 12.0 Å². The first-order chi connectivity index (χ1) is 13.7. The van der Waals surface area contributed by atoms with Crippen LogP contribution in [0.15, 0.2) is 48.5 Å². The summed E-state index contributed by atoms with van der Waals surface area (Å²) in [6.45, 7) is 1.68. The first-order valence-corrected chi connectivity index (χ1v) is 8.96. The minimum Gasteiger partial charge on any atom is -0.497 e. The van der Waals surface area contributed by atoms with Crippen molar-refractivity contribution in [3.8, 4) is 5.75 Å². The van der Waals surface area contributed by atoms with Gasteiger partial charge in [0, 0.05) is 10.6 Å². The summed E-state index contributed by atoms with van der Waals surface area (Å²) >= 11 is 0. The Morgan fingerprint density at radius 1 is 1.10 bits per heavy atom. The van der Waals surface area contributed by atoms with Gasteiger partial charge in [-0.3, -0.25) is 19.8 Å². The molecule has 1 amide bonds. The van der Waals surface area contributed by atoms with E-state index in [0.29, 0.717) is 11.4 Å². The van der Waals surface area contributed by atoms with Crippen LogP contribution in [0, 0.1) is 16.0 Å². The van der Waals surface area contributed by atoms with Gasteiger partial charge in [-0.25, -0.2) is 0 Å². The van der Waals surface area contributed by atoms with E-state index in [-0.39, 0.29) is 12.0 Å². The lowest BCUT2D eigenvalue weighted by Gasteiger charge is -2.26. The second-order valence-corrected chi connectivity index (χ2v) is 6.76. The van der Waals surface area contributed by atoms with E-state index in [4.69, 9.17) is 4.74 Å². The van der Waals surface area contributed by atoms with Gasteiger partial charge in [-0.2, -0.15) is 13.2 Å². The Morgan fingerprint density at radius 3 is 2.14 bits per heavy atom. The molecule has 0 saturated carbocycles. The van der Waals surface area contributed by atoms with E-state index >= 15 is 0 Å². The summed E-state index contributed by atoms with van der Waals surface area (Å²) in [5.74, 6) is -0.756. The number of nitrogens with zero attached hydrogens (tertiary/aromatic N) is 2. The van der Waals surface area contributed by atoms with E-state index in [1.165, 1.54) is 24.1 Å². The van der Waals surface area contributed by atoms with Crippen molar-refractivity contribution in [2.24, 2.45) is 5.92 Å². The van der Waals surface area contributed by atoms with Gasteiger partial charge in [0.05, 0.1) is 12.7 Å². The summed E-state index contributed by atoms with van der Waals surface area (Å²) in [4.78, 5) is 25.7. The van der Waals surface area contributed by atoms with Crippen molar-refractivity contribution < 1.29 is 27.6 Å². The number of anilines is 1. The molecule has 1 heterocycles. The molecule has 1 saturated heterocycles. The minimum absolute atomic E-state index is 0.244. The first-order valence-electron chi connectivity index (χ1n) is 8.96. The standard InChI is InChI=1S/C20H19F3N2O4/c1-3-16-18(25(27)28)17(12-4-6-13(7-5-12)20(21,22)23)24(19(16)26)14-8-10-15(29-2)11-9-14/h4-11,16-18H,3H2,1-2H3/t16-,17+,18-/m0/s1. The highest BCUT2D eigenvalue weighted by Crippen LogP contribution is 2.43. The summed E-state index contributed by atoms with van der Waals surface area (Å²) in [7, 11) is 1.48. The molecule has 2 aromatic carbocycles. The fourth-order valence-corrected chi connectivity index (χ4v) is 3.76. The third-order valence-electron chi connectivity index (χ3n) is 5.18. The highest BCUT2D eigenvalue weighted by Gasteiger charge is 2.55. The third-order valence-corrected chi connectivity index (χ3v) is 5.18. The van der Waals surface area contributed by atoms with E-state index in [0.717, 1.165) is 12.1 Å². The van der Waals surface area contributed by atoms with Gasteiger partial charge >= 0.3 is 6.18 Å². The number of amides is 1. The molecule has 0 bridgehead atoms. The summed E-state index contributed by atoms with van der Waals surface area (Å²) in [6.07, 6.45) is -4.28. The fraction of sp³-hybridized carbons (Fsp3) is 0.350. The van der Waals surface area contributed by atoms with Gasteiger partial charge in [0.2, 0.25) is 11.9 Å². The number of carbonyl (C=O) groups excluding carboxylic acids is 1. The van der Waals surface area contributed by atoms with E-state index in [1.54, 1.807) is 31.2 Å². The van der Waals surface area contributed by atoms with Crippen LogP contribution in [0.2, 0.25) is 0 Å². The molecule has 1 fully saturated rings. The number of alkyl halides is 3. The monoisotopic (exact) mass is 408 g/mol. The van der Waals surface area contributed by atoms with Crippen molar-refractivity contribution in [3.05, 3.63) is 69.8 Å². The molecular weight excluding hydrogens is 389 g/mol. The molecule has 3 atom stereocenters. The van der Waals surface area contributed by atoms with Crippen molar-refractivity contribution in [3.63, 3.8) is 0 Å². The van der Waals surface area contributed by atoms with Crippen LogP contribution in [0.3, 0.4) is 0 Å². The van der Waals surface area contributed by atoms with Gasteiger partial charge in [0.15, 0.2) is 0 Å². The van der Waals surface area contributed by atoms with Gasteiger partial charge in [0.1, 0.15) is 17.7 Å². The van der Waals surface area contributed by atoms with Crippen LogP contribution in [0.1, 0.15) is 30.5 Å². The average Bonchev–Trinajstić information content (AvgIpc) is 3.00. The predicted octanol–water partition coefficient (Wildman–Crippen LogP) is 4.47. The maximum absolute atomic E-state index is 13.0. The van der Waals surface area contributed by atoms with Crippen LogP contribution < -0.4 is 9.64 Å². The Bertz CT molecular complexity index is 897. The zero-order chi connectivity index (χ0) is 21.3. The molecule has 0 spiro atoms. The van der Waals surface area contributed by atoms with Crippen LogP contribution in [0.4, 0.5) is 18.9 Å². The maximum Gasteiger partial charge on any atom is 0.416 e. The third kappa shape index (κ3) is 3.76. The first kappa shape index (κ1) is 20.6. The van der Waals surface area contributed by atoms with Gasteiger partial charge in [-0.15, -0.1) is 0 Å². The molecule has 0 aliphatic carbocycles. The summed E-state index contributed by atoms with van der Waals surface area (Å²) in [5, 5.41) is 11.8. The number of ether oxygens (including phenoxy) is 1. The molecule has 9 heteroatoms. The molecule has 154 valence electrons. The van der Waals surface area contributed by atoms with E-state index in [2.05, 4.69) is 0 Å². The zero-order valence-electron chi connectivity index (χ0n) is 15.7. The molecule has 0 radical (unpaired) electrons. The van der Waals surface area contributed by atoms with Crippen LogP contribution >= 0.6 is 0 Å². The molecule has 0 aromatic heterocycles. The minimum atomic E-state index is -4.52. The number of hydrogen-bond acceptors (Lipinski definition) is 4. The number of methoxy groups -OCH3 is 1. The largest absolute Gasteiger partial charge is 0.497 e. The Labute approximate surface area is 165 Å². The molecule has 6 nitrogen and oxygen atoms in total. The topological polar surface area (TPSA) is 72.7 Å². The Morgan fingerprint density at radius 2 is 1.69 bits per heavy atom. The highest BCUT2D eigenvalue weighted by molar-refractivity contribution is 5.99. The van der Waals surface area contributed by atoms with Crippen molar-refractivity contribution >= 4 is 11.6 Å². The van der Waals surface area contributed by atoms with E-state index in [1.807, 2.05) is 0 Å². The number of rotatable bonds is 5. The molecule has 0 unspecified atom stereocenters. The van der Waals surface area contributed by atoms with Crippen LogP contribution in [-0.4, -0.2) is 24.0 Å². The number of nitro groups is 1. The second kappa shape index (κ2) is 7.73. The second-order valence-electron chi connectivity index (χ2n) is 6.76. The maximum atomic E-state index is 13.0. The van der Waals surface area contributed by atoms with Crippen molar-refractivity contribution in [1.82, 2.24) is 0 Å². The lowest BCUT2D eigenvalue weighted by Crippen LogP contribution is -2.33. The van der Waals surface area contributed by atoms with Gasteiger partial charge < -0.3 is 4.74 Å². The summed E-state index contributed by atoms with van der Waals surface area (Å²) < 4.78 is 43.8. The quantitative estimate of drug-likeness (QED) is 0.540. The predicted molar refractivity (Wildman–Crippen MR) is 99.2 cm³/mol. The highest BCUT2D eigenvalue weighted by atomic mass is 19.4. The molecule has 29 heavy (non-hydrogen) atoms. The lowest BCUT2D eigenvalue weighted by molar-refractivity contribution is -0.530. The molecule has 1 aliphatic rings. The number of hydrogen-bond donors (Lipinski definition) is 0. The molecule has 3 rings (SSSR count). The number of benzene rings is 2. The fourth-order valence-electron chi connectivity index (χ4n) is 3.76. The summed E-state index contributed by atoms with van der Waals surface area (Å²) in [6, 6.07) is 8.30. The Kier molecular flexibility index (Phi) is 5.50. The smallest absolute Gasteiger partial charge is 0.416 e. The van der Waals surface area contributed by atoms with E-state index in [9.17, 15) is 28.1 Å². The van der Waals surface area contributed by atoms with Gasteiger partial charge in [-0.05, 0) is 48.4 Å². The molecule has 1 aliphatic heterocycles. The Balaban J connectivity index is 2.10. The Hall–Kier alpha value is -3.10. The molecule has 2 aromatic rings.